The van der Waals surface area contributed by atoms with E-state index >= 15 is 0 Å². The summed E-state index contributed by atoms with van der Waals surface area (Å²) < 4.78 is 17.5. The summed E-state index contributed by atoms with van der Waals surface area (Å²) >= 11 is 0. The highest BCUT2D eigenvalue weighted by Crippen LogP contribution is 2.32. The van der Waals surface area contributed by atoms with E-state index in [0.717, 1.165) is 28.5 Å². The normalized spacial score (nSPS) is 14.8. The molecule has 0 saturated carbocycles. The number of carboxylic acids is 1. The monoisotopic (exact) mass is 530 g/mol. The highest BCUT2D eigenvalue weighted by Gasteiger charge is 2.37. The van der Waals surface area contributed by atoms with E-state index in [2.05, 4.69) is 10.3 Å². The Labute approximate surface area is 228 Å². The molecule has 1 unspecified atom stereocenters. The molecule has 3 aromatic rings. The number of ether oxygens (including phenoxy) is 3. The van der Waals surface area contributed by atoms with Crippen molar-refractivity contribution in [2.45, 2.75) is 45.8 Å². The van der Waals surface area contributed by atoms with Crippen molar-refractivity contribution in [1.29, 1.82) is 0 Å². The first kappa shape index (κ1) is 27.9. The molecule has 1 aromatic heterocycles. The van der Waals surface area contributed by atoms with Gasteiger partial charge in [-0.25, -0.2) is 0 Å². The van der Waals surface area contributed by atoms with Crippen molar-refractivity contribution in [3.63, 3.8) is 0 Å². The van der Waals surface area contributed by atoms with Gasteiger partial charge in [0.2, 0.25) is 5.91 Å². The van der Waals surface area contributed by atoms with E-state index < -0.39 is 11.4 Å². The number of para-hydroxylation sites is 2. The lowest BCUT2D eigenvalue weighted by Crippen LogP contribution is -2.34. The van der Waals surface area contributed by atoms with Crippen LogP contribution < -0.4 is 14.8 Å². The number of carbonyl (C=O) groups is 2. The number of carbonyl (C=O) groups excluding carboxylic acids is 1. The molecule has 0 fully saturated rings. The number of anilines is 1. The van der Waals surface area contributed by atoms with Gasteiger partial charge in [-0.2, -0.15) is 0 Å². The zero-order valence-corrected chi connectivity index (χ0v) is 22.3. The first-order valence-electron chi connectivity index (χ1n) is 13.1. The van der Waals surface area contributed by atoms with Crippen LogP contribution in [0.15, 0.2) is 66.7 Å². The van der Waals surface area contributed by atoms with Crippen LogP contribution in [-0.4, -0.2) is 41.3 Å². The van der Waals surface area contributed by atoms with Crippen LogP contribution in [0.5, 0.6) is 11.5 Å². The number of aliphatic carboxylic acids is 1. The molecule has 1 atom stereocenters. The predicted octanol–water partition coefficient (Wildman–Crippen LogP) is 5.83. The number of amides is 1. The van der Waals surface area contributed by atoms with E-state index in [1.165, 1.54) is 0 Å². The summed E-state index contributed by atoms with van der Waals surface area (Å²) in [6.07, 6.45) is 4.34. The van der Waals surface area contributed by atoms with Gasteiger partial charge in [-0.05, 0) is 60.9 Å². The second kappa shape index (κ2) is 13.1. The number of aromatic nitrogens is 1. The van der Waals surface area contributed by atoms with Crippen molar-refractivity contribution in [3.05, 3.63) is 83.7 Å². The number of nitrogens with zero attached hydrogens (tertiary/aromatic N) is 1. The minimum absolute atomic E-state index is 0.0681. The van der Waals surface area contributed by atoms with E-state index in [-0.39, 0.29) is 18.4 Å². The Morgan fingerprint density at radius 2 is 1.82 bits per heavy atom. The smallest absolute Gasteiger partial charge is 0.310 e. The van der Waals surface area contributed by atoms with Crippen molar-refractivity contribution < 1.29 is 28.9 Å². The zero-order valence-electron chi connectivity index (χ0n) is 22.3. The first-order chi connectivity index (χ1) is 18.9. The van der Waals surface area contributed by atoms with Crippen LogP contribution in [0.25, 0.3) is 12.2 Å². The maximum Gasteiger partial charge on any atom is 0.310 e. The molecule has 0 spiro atoms. The summed E-state index contributed by atoms with van der Waals surface area (Å²) in [5.41, 5.74) is 2.00. The highest BCUT2D eigenvalue weighted by atomic mass is 16.6. The summed E-state index contributed by atoms with van der Waals surface area (Å²) in [6.45, 7) is 4.76. The Morgan fingerprint density at radius 3 is 2.59 bits per heavy atom. The lowest BCUT2D eigenvalue weighted by atomic mass is 9.79. The molecular formula is C31H34N2O6. The quantitative estimate of drug-likeness (QED) is 0.303. The molecule has 8 nitrogen and oxygen atoms in total. The van der Waals surface area contributed by atoms with E-state index in [1.54, 1.807) is 19.9 Å². The Balaban J connectivity index is 1.30. The topological polar surface area (TPSA) is 107 Å². The van der Waals surface area contributed by atoms with Gasteiger partial charge in [0.15, 0.2) is 17.6 Å². The van der Waals surface area contributed by atoms with Gasteiger partial charge in [-0.3, -0.25) is 14.6 Å². The zero-order chi connectivity index (χ0) is 27.7. The third-order valence-electron chi connectivity index (χ3n) is 6.87. The van der Waals surface area contributed by atoms with Gasteiger partial charge in [0, 0.05) is 12.1 Å². The Hall–Kier alpha value is -4.17. The maximum atomic E-state index is 12.6. The predicted molar refractivity (Wildman–Crippen MR) is 150 cm³/mol. The molecule has 2 N–H and O–H groups in total. The van der Waals surface area contributed by atoms with E-state index in [9.17, 15) is 14.7 Å². The molecule has 1 amide bonds. The van der Waals surface area contributed by atoms with Crippen LogP contribution >= 0.6 is 0 Å². The molecule has 1 aliphatic heterocycles. The fraction of sp³-hybridized carbons (Fsp3) is 0.323. The standard InChI is InChI=1S/C31H34N2O6/c1-3-31(4-2,30(35)36)18-29(34)33-24-11-7-9-22(17-24)15-16-23-10-8-12-25(32-23)19-37-20-26-21-38-27-13-5-6-14-28(27)39-26/h5-17,26H,3-4,18-21H2,1-2H3,(H,33,34)(H,35,36). The molecule has 2 aromatic carbocycles. The molecule has 2 heterocycles. The van der Waals surface area contributed by atoms with Crippen LogP contribution in [0.4, 0.5) is 5.69 Å². The largest absolute Gasteiger partial charge is 0.486 e. The molecule has 0 aliphatic carbocycles. The van der Waals surface area contributed by atoms with Gasteiger partial charge in [-0.1, -0.05) is 50.3 Å². The average molecular weight is 531 g/mol. The maximum absolute atomic E-state index is 12.6. The Kier molecular flexibility index (Phi) is 9.33. The van der Waals surface area contributed by atoms with Crippen molar-refractivity contribution in [3.8, 4) is 11.5 Å². The molecule has 204 valence electrons. The third-order valence-corrected chi connectivity index (χ3v) is 6.87. The van der Waals surface area contributed by atoms with E-state index in [1.807, 2.05) is 72.8 Å². The SMILES string of the molecule is CCC(CC)(CC(=O)Nc1cccc(C=Cc2cccc(COCC3COc4ccccc4O3)n2)c1)C(=O)O. The molecule has 39 heavy (non-hydrogen) atoms. The number of fused-ring (bicyclic) bond motifs is 1. The van der Waals surface area contributed by atoms with Crippen molar-refractivity contribution >= 4 is 29.7 Å². The number of carboxylic acid groups (broad SMARTS) is 1. The molecule has 1 aliphatic rings. The molecule has 4 rings (SSSR count). The second-order valence-electron chi connectivity index (χ2n) is 9.54. The number of pyridine rings is 1. The van der Waals surface area contributed by atoms with E-state index in [4.69, 9.17) is 14.2 Å². The number of rotatable bonds is 12. The van der Waals surface area contributed by atoms with Crippen LogP contribution in [0.2, 0.25) is 0 Å². The fourth-order valence-corrected chi connectivity index (χ4v) is 4.40. The summed E-state index contributed by atoms with van der Waals surface area (Å²) in [7, 11) is 0. The lowest BCUT2D eigenvalue weighted by Gasteiger charge is -2.26. The van der Waals surface area contributed by atoms with E-state index in [0.29, 0.717) is 38.3 Å². The van der Waals surface area contributed by atoms with Gasteiger partial charge >= 0.3 is 5.97 Å². The number of nitrogens with one attached hydrogen (secondary N) is 1. The van der Waals surface area contributed by atoms with Crippen LogP contribution in [0, 0.1) is 5.41 Å². The van der Waals surface area contributed by atoms with Crippen LogP contribution in [0.1, 0.15) is 50.1 Å². The third kappa shape index (κ3) is 7.45. The fourth-order valence-electron chi connectivity index (χ4n) is 4.40. The minimum Gasteiger partial charge on any atom is -0.486 e. The number of benzene rings is 2. The van der Waals surface area contributed by atoms with Crippen molar-refractivity contribution in [2.75, 3.05) is 18.5 Å². The highest BCUT2D eigenvalue weighted by molar-refractivity contribution is 5.94. The lowest BCUT2D eigenvalue weighted by molar-refractivity contribution is -0.151. The summed E-state index contributed by atoms with van der Waals surface area (Å²) in [5.74, 6) is 0.213. The Bertz CT molecular complexity index is 1320. The summed E-state index contributed by atoms with van der Waals surface area (Å²) in [4.78, 5) is 29.0. The average Bonchev–Trinajstić information content (AvgIpc) is 2.95. The Morgan fingerprint density at radius 1 is 1.05 bits per heavy atom. The summed E-state index contributed by atoms with van der Waals surface area (Å²) in [5, 5.41) is 12.4. The van der Waals surface area contributed by atoms with Gasteiger partial charge in [-0.15, -0.1) is 0 Å². The van der Waals surface area contributed by atoms with Gasteiger partial charge < -0.3 is 24.6 Å². The number of hydrogen-bond donors (Lipinski definition) is 2. The van der Waals surface area contributed by atoms with Gasteiger partial charge in [0.1, 0.15) is 6.61 Å². The molecule has 0 bridgehead atoms. The van der Waals surface area contributed by atoms with Crippen molar-refractivity contribution in [1.82, 2.24) is 4.98 Å². The van der Waals surface area contributed by atoms with Crippen molar-refractivity contribution in [2.24, 2.45) is 5.41 Å². The second-order valence-corrected chi connectivity index (χ2v) is 9.54. The van der Waals surface area contributed by atoms with Gasteiger partial charge in [0.25, 0.3) is 0 Å². The minimum atomic E-state index is -1.05. The molecule has 8 heteroatoms. The number of hydrogen-bond acceptors (Lipinski definition) is 6. The molecule has 0 radical (unpaired) electrons. The van der Waals surface area contributed by atoms with Crippen LogP contribution in [-0.2, 0) is 20.9 Å². The first-order valence-corrected chi connectivity index (χ1v) is 13.1. The molecule has 0 saturated heterocycles. The van der Waals surface area contributed by atoms with Crippen LogP contribution in [0.3, 0.4) is 0 Å². The summed E-state index contributed by atoms with van der Waals surface area (Å²) in [6, 6.07) is 20.7. The molecular weight excluding hydrogens is 496 g/mol. The van der Waals surface area contributed by atoms with Gasteiger partial charge in [0.05, 0.1) is 30.0 Å².